The number of likely N-dealkylation sites (tertiary alicyclic amines) is 1. The SMILES string of the molecule is c1nc(CNCC2CCN(C3CC3)C2)sc1C1OCCO1. The van der Waals surface area contributed by atoms with Crippen LogP contribution in [0.3, 0.4) is 0 Å². The molecule has 6 heteroatoms. The highest BCUT2D eigenvalue weighted by Crippen LogP contribution is 2.31. The van der Waals surface area contributed by atoms with Gasteiger partial charge >= 0.3 is 0 Å². The minimum absolute atomic E-state index is 0.182. The zero-order chi connectivity index (χ0) is 14.1. The molecule has 4 rings (SSSR count). The summed E-state index contributed by atoms with van der Waals surface area (Å²) < 4.78 is 11.0. The van der Waals surface area contributed by atoms with Crippen LogP contribution in [0.15, 0.2) is 6.20 Å². The Labute approximate surface area is 129 Å². The van der Waals surface area contributed by atoms with Crippen LogP contribution in [0.5, 0.6) is 0 Å². The number of aromatic nitrogens is 1. The zero-order valence-corrected chi connectivity index (χ0v) is 13.1. The van der Waals surface area contributed by atoms with E-state index in [1.807, 2.05) is 6.20 Å². The highest BCUT2D eigenvalue weighted by Gasteiger charge is 2.34. The summed E-state index contributed by atoms with van der Waals surface area (Å²) in [7, 11) is 0. The molecule has 1 aromatic rings. The van der Waals surface area contributed by atoms with Gasteiger partial charge in [0, 0.05) is 25.3 Å². The van der Waals surface area contributed by atoms with Crippen molar-refractivity contribution in [2.45, 2.75) is 38.1 Å². The lowest BCUT2D eigenvalue weighted by atomic mass is 10.1. The minimum atomic E-state index is -0.182. The van der Waals surface area contributed by atoms with Gasteiger partial charge in [-0.05, 0) is 38.3 Å². The molecule has 0 spiro atoms. The monoisotopic (exact) mass is 309 g/mol. The Hall–Kier alpha value is -0.530. The number of hydrogen-bond donors (Lipinski definition) is 1. The molecular weight excluding hydrogens is 286 g/mol. The van der Waals surface area contributed by atoms with Gasteiger partial charge in [-0.1, -0.05) is 0 Å². The fourth-order valence-corrected chi connectivity index (χ4v) is 4.11. The maximum atomic E-state index is 5.50. The number of nitrogens with one attached hydrogen (secondary N) is 1. The van der Waals surface area contributed by atoms with Crippen molar-refractivity contribution in [1.29, 1.82) is 0 Å². The van der Waals surface area contributed by atoms with E-state index in [-0.39, 0.29) is 6.29 Å². The van der Waals surface area contributed by atoms with Crippen molar-refractivity contribution >= 4 is 11.3 Å². The maximum absolute atomic E-state index is 5.50. The van der Waals surface area contributed by atoms with Crippen molar-refractivity contribution in [3.63, 3.8) is 0 Å². The van der Waals surface area contributed by atoms with Crippen molar-refractivity contribution in [1.82, 2.24) is 15.2 Å². The van der Waals surface area contributed by atoms with Crippen LogP contribution in [0.1, 0.15) is 35.4 Å². The summed E-state index contributed by atoms with van der Waals surface area (Å²) in [6.07, 6.45) is 5.90. The Kier molecular flexibility index (Phi) is 4.23. The van der Waals surface area contributed by atoms with Crippen LogP contribution in [0.25, 0.3) is 0 Å². The van der Waals surface area contributed by atoms with Gasteiger partial charge < -0.3 is 19.7 Å². The molecule has 1 unspecified atom stereocenters. The van der Waals surface area contributed by atoms with Crippen molar-refractivity contribution in [3.8, 4) is 0 Å². The van der Waals surface area contributed by atoms with Crippen LogP contribution in [-0.4, -0.2) is 48.8 Å². The van der Waals surface area contributed by atoms with Crippen LogP contribution >= 0.6 is 11.3 Å². The van der Waals surface area contributed by atoms with E-state index in [0.29, 0.717) is 13.2 Å². The van der Waals surface area contributed by atoms with Crippen molar-refractivity contribution < 1.29 is 9.47 Å². The van der Waals surface area contributed by atoms with Gasteiger partial charge in [0.1, 0.15) is 5.01 Å². The van der Waals surface area contributed by atoms with Gasteiger partial charge in [-0.3, -0.25) is 0 Å². The van der Waals surface area contributed by atoms with E-state index >= 15 is 0 Å². The molecule has 3 heterocycles. The summed E-state index contributed by atoms with van der Waals surface area (Å²) in [6, 6.07) is 0.919. The third-order valence-electron chi connectivity index (χ3n) is 4.52. The molecule has 1 N–H and O–H groups in total. The molecule has 0 bridgehead atoms. The predicted octanol–water partition coefficient (Wildman–Crippen LogP) is 1.76. The highest BCUT2D eigenvalue weighted by atomic mass is 32.1. The maximum Gasteiger partial charge on any atom is 0.194 e. The minimum Gasteiger partial charge on any atom is -0.345 e. The summed E-state index contributed by atoms with van der Waals surface area (Å²) >= 11 is 1.69. The van der Waals surface area contributed by atoms with Gasteiger partial charge in [0.05, 0.1) is 18.1 Å². The van der Waals surface area contributed by atoms with Gasteiger partial charge in [-0.25, -0.2) is 4.98 Å². The molecule has 0 radical (unpaired) electrons. The van der Waals surface area contributed by atoms with Crippen LogP contribution in [0.4, 0.5) is 0 Å². The van der Waals surface area contributed by atoms with Crippen molar-refractivity contribution in [2.24, 2.45) is 5.92 Å². The summed E-state index contributed by atoms with van der Waals surface area (Å²) in [5.74, 6) is 0.812. The second kappa shape index (κ2) is 6.30. The Bertz CT molecular complexity index is 471. The first-order chi connectivity index (χ1) is 10.4. The van der Waals surface area contributed by atoms with E-state index in [1.54, 1.807) is 11.3 Å². The van der Waals surface area contributed by atoms with E-state index in [2.05, 4.69) is 15.2 Å². The Morgan fingerprint density at radius 3 is 2.95 bits per heavy atom. The van der Waals surface area contributed by atoms with Crippen LogP contribution in [0, 0.1) is 5.92 Å². The number of rotatable bonds is 6. The van der Waals surface area contributed by atoms with E-state index in [1.165, 1.54) is 32.4 Å². The molecule has 5 nitrogen and oxygen atoms in total. The van der Waals surface area contributed by atoms with Gasteiger partial charge in [0.25, 0.3) is 0 Å². The average molecular weight is 309 g/mol. The molecule has 2 aliphatic heterocycles. The molecule has 2 saturated heterocycles. The molecule has 21 heavy (non-hydrogen) atoms. The average Bonchev–Trinajstić information content (AvgIpc) is 2.96. The number of ether oxygens (including phenoxy) is 2. The van der Waals surface area contributed by atoms with E-state index in [9.17, 15) is 0 Å². The standard InChI is InChI=1S/C15H23N3O2S/c1-2-12(1)18-4-3-11(10-18)7-16-9-14-17-8-13(21-14)15-19-5-6-20-15/h8,11-12,15-16H,1-7,9-10H2. The van der Waals surface area contributed by atoms with Crippen LogP contribution in [-0.2, 0) is 16.0 Å². The number of thiazole rings is 1. The molecule has 3 aliphatic rings. The van der Waals surface area contributed by atoms with E-state index < -0.39 is 0 Å². The van der Waals surface area contributed by atoms with Crippen molar-refractivity contribution in [2.75, 3.05) is 32.8 Å². The van der Waals surface area contributed by atoms with E-state index in [4.69, 9.17) is 9.47 Å². The third-order valence-corrected chi connectivity index (χ3v) is 5.53. The first kappa shape index (κ1) is 14.1. The smallest absolute Gasteiger partial charge is 0.194 e. The highest BCUT2D eigenvalue weighted by molar-refractivity contribution is 7.11. The first-order valence-corrected chi connectivity index (χ1v) is 8.83. The lowest BCUT2D eigenvalue weighted by molar-refractivity contribution is -0.0414. The fraction of sp³-hybridized carbons (Fsp3) is 0.800. The van der Waals surface area contributed by atoms with Gasteiger partial charge in [0.15, 0.2) is 6.29 Å². The molecular formula is C15H23N3O2S. The molecule has 1 saturated carbocycles. The zero-order valence-electron chi connectivity index (χ0n) is 12.3. The van der Waals surface area contributed by atoms with Gasteiger partial charge in [0.2, 0.25) is 0 Å². The van der Waals surface area contributed by atoms with Gasteiger partial charge in [-0.15, -0.1) is 11.3 Å². The fourth-order valence-electron chi connectivity index (χ4n) is 3.22. The summed E-state index contributed by atoms with van der Waals surface area (Å²) in [5, 5.41) is 4.69. The Morgan fingerprint density at radius 2 is 2.14 bits per heavy atom. The normalized spacial score (nSPS) is 27.7. The summed E-state index contributed by atoms with van der Waals surface area (Å²) in [6.45, 7) is 5.93. The predicted molar refractivity (Wildman–Crippen MR) is 81.2 cm³/mol. The summed E-state index contributed by atoms with van der Waals surface area (Å²) in [5.41, 5.74) is 0. The molecule has 116 valence electrons. The molecule has 0 amide bonds. The molecule has 1 aliphatic carbocycles. The number of hydrogen-bond acceptors (Lipinski definition) is 6. The summed E-state index contributed by atoms with van der Waals surface area (Å²) in [4.78, 5) is 8.22. The van der Waals surface area contributed by atoms with Crippen LogP contribution in [0.2, 0.25) is 0 Å². The first-order valence-electron chi connectivity index (χ1n) is 8.01. The second-order valence-electron chi connectivity index (χ2n) is 6.24. The lowest BCUT2D eigenvalue weighted by Gasteiger charge is -2.14. The Balaban J connectivity index is 1.20. The van der Waals surface area contributed by atoms with E-state index in [0.717, 1.165) is 34.9 Å². The third kappa shape index (κ3) is 3.46. The van der Waals surface area contributed by atoms with Gasteiger partial charge in [-0.2, -0.15) is 0 Å². The largest absolute Gasteiger partial charge is 0.345 e. The quantitative estimate of drug-likeness (QED) is 0.868. The van der Waals surface area contributed by atoms with Crippen molar-refractivity contribution in [3.05, 3.63) is 16.1 Å². The van der Waals surface area contributed by atoms with Crippen LogP contribution < -0.4 is 5.32 Å². The Morgan fingerprint density at radius 1 is 1.29 bits per heavy atom. The topological polar surface area (TPSA) is 46.6 Å². The molecule has 1 aromatic heterocycles. The molecule has 3 fully saturated rings. The molecule has 1 atom stereocenters. The number of nitrogens with zero attached hydrogens (tertiary/aromatic N) is 2. The second-order valence-corrected chi connectivity index (χ2v) is 7.39. The molecule has 0 aromatic carbocycles. The lowest BCUT2D eigenvalue weighted by Crippen LogP contribution is -2.27.